The van der Waals surface area contributed by atoms with Gasteiger partial charge in [0.05, 0.1) is 6.04 Å². The molecule has 5 N–H and O–H groups in total. The number of nitrogens with two attached hydrogens (primary N) is 2. The number of nitrogens with one attached hydrogen (secondary N) is 1. The number of carbonyl (C=O) groups excluding carboxylic acids is 2. The molecule has 1 fully saturated rings. The minimum Gasteiger partial charge on any atom is -0.384 e. The van der Waals surface area contributed by atoms with Crippen LogP contribution < -0.4 is 16.8 Å². The summed E-state index contributed by atoms with van der Waals surface area (Å²) in [6.07, 6.45) is 0. The molecule has 30 heavy (non-hydrogen) atoms. The van der Waals surface area contributed by atoms with Gasteiger partial charge in [-0.15, -0.1) is 0 Å². The van der Waals surface area contributed by atoms with Crippen molar-refractivity contribution in [3.05, 3.63) is 59.3 Å². The quantitative estimate of drug-likeness (QED) is 0.617. The molecule has 0 spiro atoms. The van der Waals surface area contributed by atoms with Crippen LogP contribution in [0.25, 0.3) is 0 Å². The van der Waals surface area contributed by atoms with Crippen LogP contribution in [0.3, 0.4) is 0 Å². The fourth-order valence-corrected chi connectivity index (χ4v) is 3.83. The number of benzene rings is 1. The molecule has 160 valence electrons. The van der Waals surface area contributed by atoms with Crippen LogP contribution in [0.1, 0.15) is 23.7 Å². The van der Waals surface area contributed by atoms with E-state index in [1.165, 1.54) is 5.56 Å². The fourth-order valence-electron chi connectivity index (χ4n) is 3.83. The third-order valence-corrected chi connectivity index (χ3v) is 5.63. The SMILES string of the molecule is Cc1nc(N)ccc1CNC(=O)[C@H](C)N1CCN(Cc2ccccc2)CC1C(N)=O. The zero-order valence-electron chi connectivity index (χ0n) is 17.5. The molecule has 3 rings (SSSR count). The molecule has 8 heteroatoms. The van der Waals surface area contributed by atoms with Crippen LogP contribution in [0, 0.1) is 6.92 Å². The molecule has 0 saturated carbocycles. The lowest BCUT2D eigenvalue weighted by Gasteiger charge is -2.42. The standard InChI is InChI=1S/C22H30N6O2/c1-15-18(8-9-20(23)26-15)12-25-22(30)16(2)28-11-10-27(14-19(28)21(24)29)13-17-6-4-3-5-7-17/h3-9,16,19H,10-14H2,1-2H3,(H2,23,26)(H2,24,29)(H,25,30)/t16-,19?/m0/s1. The molecule has 1 aliphatic heterocycles. The maximum Gasteiger partial charge on any atom is 0.237 e. The van der Waals surface area contributed by atoms with Gasteiger partial charge in [-0.1, -0.05) is 36.4 Å². The maximum atomic E-state index is 12.8. The van der Waals surface area contributed by atoms with Gasteiger partial charge in [0, 0.05) is 38.4 Å². The first kappa shape index (κ1) is 21.7. The number of nitrogens with zero attached hydrogens (tertiary/aromatic N) is 3. The number of pyridine rings is 1. The molecule has 1 unspecified atom stereocenters. The van der Waals surface area contributed by atoms with Gasteiger partial charge in [0.25, 0.3) is 0 Å². The zero-order chi connectivity index (χ0) is 21.7. The number of hydrogen-bond donors (Lipinski definition) is 3. The fraction of sp³-hybridized carbons (Fsp3) is 0.409. The van der Waals surface area contributed by atoms with Crippen LogP contribution in [0.4, 0.5) is 5.82 Å². The van der Waals surface area contributed by atoms with E-state index in [0.717, 1.165) is 24.3 Å². The van der Waals surface area contributed by atoms with Crippen LogP contribution >= 0.6 is 0 Å². The average Bonchev–Trinajstić information content (AvgIpc) is 2.73. The van der Waals surface area contributed by atoms with Crippen LogP contribution in [-0.4, -0.2) is 58.3 Å². The van der Waals surface area contributed by atoms with Gasteiger partial charge in [0.2, 0.25) is 11.8 Å². The van der Waals surface area contributed by atoms with Crippen LogP contribution in [0.5, 0.6) is 0 Å². The van der Waals surface area contributed by atoms with E-state index >= 15 is 0 Å². The minimum atomic E-state index is -0.511. The Morgan fingerprint density at radius 1 is 1.20 bits per heavy atom. The van der Waals surface area contributed by atoms with E-state index in [1.54, 1.807) is 6.07 Å². The number of carbonyl (C=O) groups is 2. The Labute approximate surface area is 177 Å². The minimum absolute atomic E-state index is 0.144. The number of aryl methyl sites for hydroxylation is 1. The average molecular weight is 411 g/mol. The summed E-state index contributed by atoms with van der Waals surface area (Å²) in [5.41, 5.74) is 14.2. The van der Waals surface area contributed by atoms with E-state index < -0.39 is 18.0 Å². The van der Waals surface area contributed by atoms with Gasteiger partial charge in [-0.05, 0) is 31.0 Å². The van der Waals surface area contributed by atoms with Gasteiger partial charge in [-0.2, -0.15) is 0 Å². The highest BCUT2D eigenvalue weighted by Gasteiger charge is 2.36. The van der Waals surface area contributed by atoms with E-state index in [4.69, 9.17) is 11.5 Å². The molecule has 2 heterocycles. The lowest BCUT2D eigenvalue weighted by atomic mass is 10.1. The largest absolute Gasteiger partial charge is 0.384 e. The maximum absolute atomic E-state index is 12.8. The van der Waals surface area contributed by atoms with E-state index in [0.29, 0.717) is 25.5 Å². The second-order valence-electron chi connectivity index (χ2n) is 7.75. The number of anilines is 1. The number of piperazine rings is 1. The van der Waals surface area contributed by atoms with E-state index in [-0.39, 0.29) is 5.91 Å². The molecule has 1 aromatic heterocycles. The molecule has 1 aliphatic rings. The summed E-state index contributed by atoms with van der Waals surface area (Å²) in [5.74, 6) is -0.103. The Bertz CT molecular complexity index is 888. The smallest absolute Gasteiger partial charge is 0.237 e. The van der Waals surface area contributed by atoms with Crippen molar-refractivity contribution in [2.45, 2.75) is 39.0 Å². The summed E-state index contributed by atoms with van der Waals surface area (Å²) in [7, 11) is 0. The van der Waals surface area contributed by atoms with E-state index in [2.05, 4.69) is 27.3 Å². The topological polar surface area (TPSA) is 118 Å². The Hall–Kier alpha value is -2.97. The lowest BCUT2D eigenvalue weighted by Crippen LogP contribution is -2.62. The summed E-state index contributed by atoms with van der Waals surface area (Å²) >= 11 is 0. The summed E-state index contributed by atoms with van der Waals surface area (Å²) in [5, 5.41) is 2.94. The number of primary amides is 1. The lowest BCUT2D eigenvalue weighted by molar-refractivity contribution is -0.133. The zero-order valence-corrected chi connectivity index (χ0v) is 17.5. The van der Waals surface area contributed by atoms with Gasteiger partial charge in [-0.25, -0.2) is 4.98 Å². The third kappa shape index (κ3) is 5.34. The van der Waals surface area contributed by atoms with Crippen molar-refractivity contribution in [1.29, 1.82) is 0 Å². The van der Waals surface area contributed by atoms with Crippen LogP contribution in [-0.2, 0) is 22.7 Å². The van der Waals surface area contributed by atoms with Gasteiger partial charge in [-0.3, -0.25) is 19.4 Å². The highest BCUT2D eigenvalue weighted by atomic mass is 16.2. The molecule has 2 atom stereocenters. The summed E-state index contributed by atoms with van der Waals surface area (Å²) in [4.78, 5) is 33.2. The Morgan fingerprint density at radius 2 is 1.93 bits per heavy atom. The van der Waals surface area contributed by atoms with Crippen LogP contribution in [0.15, 0.2) is 42.5 Å². The first-order valence-electron chi connectivity index (χ1n) is 10.2. The molecule has 0 bridgehead atoms. The monoisotopic (exact) mass is 410 g/mol. The van der Waals surface area contributed by atoms with Crippen LogP contribution in [0.2, 0.25) is 0 Å². The van der Waals surface area contributed by atoms with Crippen molar-refractivity contribution in [3.63, 3.8) is 0 Å². The van der Waals surface area contributed by atoms with Gasteiger partial charge in [0.1, 0.15) is 11.9 Å². The van der Waals surface area contributed by atoms with Gasteiger partial charge in [0.15, 0.2) is 0 Å². The molecule has 2 amide bonds. The number of nitrogen functional groups attached to an aromatic ring is 1. The summed E-state index contributed by atoms with van der Waals surface area (Å²) in [6, 6.07) is 12.7. The predicted octanol–water partition coefficient (Wildman–Crippen LogP) is 0.649. The number of amides is 2. The Balaban J connectivity index is 1.60. The predicted molar refractivity (Wildman–Crippen MR) is 116 cm³/mol. The number of hydrogen-bond acceptors (Lipinski definition) is 6. The first-order valence-corrected chi connectivity index (χ1v) is 10.2. The van der Waals surface area contributed by atoms with Crippen molar-refractivity contribution in [1.82, 2.24) is 20.1 Å². The van der Waals surface area contributed by atoms with Gasteiger partial charge >= 0.3 is 0 Å². The van der Waals surface area contributed by atoms with Gasteiger partial charge < -0.3 is 16.8 Å². The molecular weight excluding hydrogens is 380 g/mol. The molecule has 1 aromatic carbocycles. The first-order chi connectivity index (χ1) is 14.3. The molecule has 1 saturated heterocycles. The van der Waals surface area contributed by atoms with Crippen molar-refractivity contribution in [2.24, 2.45) is 5.73 Å². The highest BCUT2D eigenvalue weighted by molar-refractivity contribution is 5.84. The van der Waals surface area contributed by atoms with Crippen molar-refractivity contribution in [3.8, 4) is 0 Å². The number of rotatable bonds is 7. The normalized spacial score (nSPS) is 18.7. The summed E-state index contributed by atoms with van der Waals surface area (Å²) < 4.78 is 0. The third-order valence-electron chi connectivity index (χ3n) is 5.63. The van der Waals surface area contributed by atoms with E-state index in [1.807, 2.05) is 43.0 Å². The van der Waals surface area contributed by atoms with E-state index in [9.17, 15) is 9.59 Å². The molecule has 8 nitrogen and oxygen atoms in total. The van der Waals surface area contributed by atoms with Crippen molar-refractivity contribution in [2.75, 3.05) is 25.4 Å². The van der Waals surface area contributed by atoms with Crippen molar-refractivity contribution >= 4 is 17.6 Å². The highest BCUT2D eigenvalue weighted by Crippen LogP contribution is 2.16. The van der Waals surface area contributed by atoms with Crippen molar-refractivity contribution < 1.29 is 9.59 Å². The Kier molecular flexibility index (Phi) is 7.02. The second kappa shape index (κ2) is 9.69. The molecular formula is C22H30N6O2. The molecule has 0 aliphatic carbocycles. The Morgan fingerprint density at radius 3 is 2.60 bits per heavy atom. The molecule has 0 radical (unpaired) electrons. The molecule has 2 aromatic rings. The second-order valence-corrected chi connectivity index (χ2v) is 7.75. The summed E-state index contributed by atoms with van der Waals surface area (Å²) in [6.45, 7) is 6.64. The number of aromatic nitrogens is 1.